The molecule has 0 aliphatic carbocycles. The fraction of sp³-hybridized carbons (Fsp3) is 0.130. The maximum Gasteiger partial charge on any atom is 0.142 e. The van der Waals surface area contributed by atoms with E-state index in [4.69, 9.17) is 0 Å². The number of benzene rings is 3. The molecule has 0 saturated heterocycles. The summed E-state index contributed by atoms with van der Waals surface area (Å²) < 4.78 is 42.8. The van der Waals surface area contributed by atoms with Crippen molar-refractivity contribution in [2.24, 2.45) is 0 Å². The van der Waals surface area contributed by atoms with Crippen LogP contribution in [0.1, 0.15) is 24.5 Å². The van der Waals surface area contributed by atoms with E-state index in [9.17, 15) is 13.2 Å². The van der Waals surface area contributed by atoms with E-state index < -0.39 is 17.5 Å². The molecular formula is C23H16BrF3. The quantitative estimate of drug-likeness (QED) is 0.389. The summed E-state index contributed by atoms with van der Waals surface area (Å²) in [6, 6.07) is 14.8. The number of hydrogen-bond donors (Lipinski definition) is 0. The molecule has 0 spiro atoms. The van der Waals surface area contributed by atoms with Gasteiger partial charge in [-0.15, -0.1) is 0 Å². The first-order chi connectivity index (χ1) is 13.0. The first-order valence-corrected chi connectivity index (χ1v) is 9.32. The van der Waals surface area contributed by atoms with Crippen molar-refractivity contribution >= 4 is 15.9 Å². The zero-order valence-corrected chi connectivity index (χ0v) is 16.2. The number of hydrogen-bond acceptors (Lipinski definition) is 0. The van der Waals surface area contributed by atoms with Gasteiger partial charge >= 0.3 is 0 Å². The fourth-order valence-corrected chi connectivity index (χ4v) is 3.17. The van der Waals surface area contributed by atoms with Crippen molar-refractivity contribution in [1.82, 2.24) is 0 Å². The van der Waals surface area contributed by atoms with Gasteiger partial charge in [-0.25, -0.2) is 13.2 Å². The summed E-state index contributed by atoms with van der Waals surface area (Å²) >= 11 is 2.82. The lowest BCUT2D eigenvalue weighted by Crippen LogP contribution is -1.94. The second kappa shape index (κ2) is 8.45. The van der Waals surface area contributed by atoms with Crippen LogP contribution in [-0.4, -0.2) is 0 Å². The maximum atomic E-state index is 14.7. The van der Waals surface area contributed by atoms with Crippen LogP contribution in [-0.2, 0) is 6.42 Å². The smallest absolute Gasteiger partial charge is 0.142 e. The van der Waals surface area contributed by atoms with Crippen molar-refractivity contribution in [2.75, 3.05) is 0 Å². The van der Waals surface area contributed by atoms with Crippen molar-refractivity contribution in [2.45, 2.75) is 19.8 Å². The lowest BCUT2D eigenvalue weighted by atomic mass is 9.97. The minimum Gasteiger partial charge on any atom is -0.206 e. The van der Waals surface area contributed by atoms with Crippen molar-refractivity contribution in [1.29, 1.82) is 0 Å². The third-order valence-electron chi connectivity index (χ3n) is 4.32. The van der Waals surface area contributed by atoms with E-state index in [0.717, 1.165) is 30.5 Å². The van der Waals surface area contributed by atoms with Crippen molar-refractivity contribution in [3.63, 3.8) is 0 Å². The van der Waals surface area contributed by atoms with Gasteiger partial charge in [-0.3, -0.25) is 0 Å². The second-order valence-corrected chi connectivity index (χ2v) is 6.57. The Balaban J connectivity index is 1.96. The summed E-state index contributed by atoms with van der Waals surface area (Å²) in [5.41, 5.74) is 2.75. The largest absolute Gasteiger partial charge is 0.206 e. The van der Waals surface area contributed by atoms with Gasteiger partial charge in [0.15, 0.2) is 0 Å². The van der Waals surface area contributed by atoms with E-state index in [1.54, 1.807) is 6.07 Å². The highest BCUT2D eigenvalue weighted by Crippen LogP contribution is 2.30. The molecule has 27 heavy (non-hydrogen) atoms. The topological polar surface area (TPSA) is 0 Å². The van der Waals surface area contributed by atoms with Gasteiger partial charge in [0.05, 0.1) is 5.56 Å². The summed E-state index contributed by atoms with van der Waals surface area (Å²) in [5, 5.41) is 0. The minimum atomic E-state index is -0.827. The van der Waals surface area contributed by atoms with Crippen LogP contribution in [0.2, 0.25) is 0 Å². The van der Waals surface area contributed by atoms with Crippen LogP contribution in [0.4, 0.5) is 13.2 Å². The Kier molecular flexibility index (Phi) is 6.03. The summed E-state index contributed by atoms with van der Waals surface area (Å²) in [6.07, 6.45) is 2.07. The first-order valence-electron chi connectivity index (χ1n) is 8.53. The standard InChI is InChI=1S/C23H16BrF3/c1-2-3-15-4-6-16(7-5-15)17-8-9-19(21(25)12-17)18-13-22(26)20(10-11-24)23(27)14-18/h4-9,12-14H,2-3H2,1H3. The van der Waals surface area contributed by atoms with Gasteiger partial charge in [0.2, 0.25) is 0 Å². The zero-order chi connectivity index (χ0) is 19.4. The molecule has 0 aliphatic heterocycles. The summed E-state index contributed by atoms with van der Waals surface area (Å²) in [7, 11) is 0. The van der Waals surface area contributed by atoms with Crippen molar-refractivity contribution < 1.29 is 13.2 Å². The lowest BCUT2D eigenvalue weighted by Gasteiger charge is -2.09. The molecule has 4 heteroatoms. The normalized spacial score (nSPS) is 10.4. The van der Waals surface area contributed by atoms with Crippen LogP contribution in [0, 0.1) is 28.2 Å². The van der Waals surface area contributed by atoms with Crippen molar-refractivity contribution in [3.8, 4) is 33.0 Å². The zero-order valence-electron chi connectivity index (χ0n) is 14.6. The Hall–Kier alpha value is -2.51. The maximum absolute atomic E-state index is 14.7. The Morgan fingerprint density at radius 1 is 0.778 bits per heavy atom. The van der Waals surface area contributed by atoms with E-state index in [1.807, 2.05) is 24.3 Å². The molecule has 0 N–H and O–H groups in total. The van der Waals surface area contributed by atoms with Crippen LogP contribution in [0.25, 0.3) is 22.3 Å². The molecule has 0 aromatic heterocycles. The second-order valence-electron chi connectivity index (χ2n) is 6.18. The molecule has 0 saturated carbocycles. The Morgan fingerprint density at radius 2 is 1.37 bits per heavy atom. The Bertz CT molecular complexity index is 1000. The van der Waals surface area contributed by atoms with Gasteiger partial charge in [-0.05, 0) is 57.6 Å². The highest BCUT2D eigenvalue weighted by Gasteiger charge is 2.14. The molecule has 0 unspecified atom stereocenters. The van der Waals surface area contributed by atoms with Crippen LogP contribution in [0.3, 0.4) is 0 Å². The molecule has 0 radical (unpaired) electrons. The van der Waals surface area contributed by atoms with E-state index in [-0.39, 0.29) is 16.7 Å². The highest BCUT2D eigenvalue weighted by atomic mass is 79.9. The van der Waals surface area contributed by atoms with Gasteiger partial charge in [-0.2, -0.15) is 0 Å². The molecule has 0 fully saturated rings. The minimum absolute atomic E-state index is 0.132. The molecule has 3 rings (SSSR count). The van der Waals surface area contributed by atoms with Crippen molar-refractivity contribution in [3.05, 3.63) is 83.2 Å². The van der Waals surface area contributed by atoms with Gasteiger partial charge in [0.25, 0.3) is 0 Å². The number of aryl methyl sites for hydroxylation is 1. The van der Waals surface area contributed by atoms with Crippen LogP contribution in [0.5, 0.6) is 0 Å². The third kappa shape index (κ3) is 4.26. The van der Waals surface area contributed by atoms with E-state index in [1.165, 1.54) is 17.7 Å². The molecule has 0 nitrogen and oxygen atoms in total. The molecule has 0 aliphatic rings. The third-order valence-corrected chi connectivity index (χ3v) is 4.52. The molecule has 0 bridgehead atoms. The van der Waals surface area contributed by atoms with Gasteiger partial charge in [0, 0.05) is 21.5 Å². The number of rotatable bonds is 4. The first kappa shape index (κ1) is 19.3. The predicted octanol–water partition coefficient (Wildman–Crippen LogP) is 7.09. The summed E-state index contributed by atoms with van der Waals surface area (Å²) in [4.78, 5) is 2.28. The summed E-state index contributed by atoms with van der Waals surface area (Å²) in [5.74, 6) is 0.112. The molecule has 0 atom stereocenters. The van der Waals surface area contributed by atoms with E-state index in [2.05, 4.69) is 33.6 Å². The average Bonchev–Trinajstić information content (AvgIpc) is 2.65. The molecule has 0 heterocycles. The van der Waals surface area contributed by atoms with Gasteiger partial charge in [-0.1, -0.05) is 49.7 Å². The monoisotopic (exact) mass is 428 g/mol. The summed E-state index contributed by atoms with van der Waals surface area (Å²) in [6.45, 7) is 2.12. The van der Waals surface area contributed by atoms with Crippen LogP contribution in [0.15, 0.2) is 54.6 Å². The van der Waals surface area contributed by atoms with Gasteiger partial charge in [0.1, 0.15) is 17.5 Å². The Morgan fingerprint density at radius 3 is 1.93 bits per heavy atom. The SMILES string of the molecule is CCCc1ccc(-c2ccc(-c3cc(F)c(C#CBr)c(F)c3)c(F)c2)cc1. The average molecular weight is 429 g/mol. The van der Waals surface area contributed by atoms with Crippen LogP contribution < -0.4 is 0 Å². The van der Waals surface area contributed by atoms with E-state index >= 15 is 0 Å². The molecule has 136 valence electrons. The van der Waals surface area contributed by atoms with Crippen LogP contribution >= 0.6 is 15.9 Å². The fourth-order valence-electron chi connectivity index (χ4n) is 2.98. The molecule has 0 amide bonds. The Labute approximate surface area is 165 Å². The lowest BCUT2D eigenvalue weighted by molar-refractivity contribution is 0.578. The molecule has 3 aromatic rings. The number of halogens is 4. The van der Waals surface area contributed by atoms with E-state index in [0.29, 0.717) is 5.56 Å². The highest BCUT2D eigenvalue weighted by molar-refractivity contribution is 9.12. The molecule has 3 aromatic carbocycles. The molecular weight excluding hydrogens is 413 g/mol. The van der Waals surface area contributed by atoms with Gasteiger partial charge < -0.3 is 0 Å². The predicted molar refractivity (Wildman–Crippen MR) is 107 cm³/mol.